The van der Waals surface area contributed by atoms with Gasteiger partial charge >= 0.3 is 17.9 Å². The van der Waals surface area contributed by atoms with Crippen LogP contribution in [0.1, 0.15) is 89.8 Å². The monoisotopic (exact) mass is 2200 g/mol. The van der Waals surface area contributed by atoms with Crippen LogP contribution in [-0.4, -0.2) is 166 Å². The van der Waals surface area contributed by atoms with Gasteiger partial charge in [0.05, 0.1) is 71.9 Å². The Bertz CT molecular complexity index is 3010. The van der Waals surface area contributed by atoms with Crippen molar-refractivity contribution in [2.45, 2.75) is 27.7 Å². The Labute approximate surface area is 617 Å². The molecule has 0 atom stereocenters. The van der Waals surface area contributed by atoms with Crippen molar-refractivity contribution < 1.29 is 71.7 Å². The maximum Gasteiger partial charge on any atom is 0.303 e. The van der Waals surface area contributed by atoms with E-state index in [2.05, 4.69) is 51.6 Å². The van der Waals surface area contributed by atoms with Crippen LogP contribution in [0.15, 0.2) is 38.0 Å². The molecule has 0 aliphatic rings. The highest BCUT2D eigenvalue weighted by atomic mass is 127. The summed E-state index contributed by atoms with van der Waals surface area (Å²) in [5.41, 5.74) is -1.30. The van der Waals surface area contributed by atoms with Gasteiger partial charge in [-0.2, -0.15) is 0 Å². The molecule has 0 aliphatic carbocycles. The van der Waals surface area contributed by atoms with E-state index in [1.165, 1.54) is 54.1 Å². The molecule has 24 nitrogen and oxygen atoms in total. The molecule has 3 aromatic rings. The molecule has 0 aromatic heterocycles. The van der Waals surface area contributed by atoms with Gasteiger partial charge in [-0.15, -0.1) is 19.7 Å². The molecule has 0 saturated heterocycles. The molecule has 0 radical (unpaired) electrons. The number of rotatable bonds is 27. The summed E-state index contributed by atoms with van der Waals surface area (Å²) in [5.74, 6) is -8.46. The van der Waals surface area contributed by atoms with Crippen LogP contribution in [0.4, 0.5) is 17.1 Å². The maximum absolute atomic E-state index is 14.9. The third-order valence-electron chi connectivity index (χ3n) is 11.6. The third kappa shape index (κ3) is 20.6. The molecule has 0 bridgehead atoms. The molecule has 3 aromatic carbocycles. The van der Waals surface area contributed by atoms with E-state index in [-0.39, 0.29) is 122 Å². The number of hydrogen-bond donors (Lipinski definition) is 6. The van der Waals surface area contributed by atoms with Crippen LogP contribution in [0.2, 0.25) is 0 Å². The number of amides is 9. The van der Waals surface area contributed by atoms with Gasteiger partial charge in [-0.05, 0) is 203 Å². The van der Waals surface area contributed by atoms with Gasteiger partial charge in [0.25, 0.3) is 53.2 Å². The first-order valence-corrected chi connectivity index (χ1v) is 34.2. The molecule has 6 N–H and O–H groups in total. The van der Waals surface area contributed by atoms with Crippen LogP contribution in [0, 0.1) is 37.5 Å². The molecule has 0 fully saturated rings. The average Bonchev–Trinajstić information content (AvgIpc) is 1.04. The van der Waals surface area contributed by atoms with Crippen molar-refractivity contribution >= 4 is 291 Å². The van der Waals surface area contributed by atoms with Crippen molar-refractivity contribution in [2.24, 2.45) is 5.41 Å². The minimum atomic E-state index is -1.42. The predicted octanol–water partition coefficient (Wildman–Crippen LogP) is 8.00. The summed E-state index contributed by atoms with van der Waals surface area (Å²) in [7, 11) is 4.55. The Morgan fingerprint density at radius 3 is 0.802 bits per heavy atom. The van der Waals surface area contributed by atoms with E-state index < -0.39 is 96.3 Å². The van der Waals surface area contributed by atoms with Crippen molar-refractivity contribution in [1.82, 2.24) is 30.7 Å². The number of nitrogens with one attached hydrogen (secondary N) is 6. The fraction of sp³-hybridized carbons (Fsp3) is 0.321. The Morgan fingerprint density at radius 1 is 0.395 bits per heavy atom. The lowest BCUT2D eigenvalue weighted by molar-refractivity contribution is -0.145. The number of carbonyl (C=O) groups excluding carboxylic acids is 12. The Morgan fingerprint density at radius 2 is 0.605 bits per heavy atom. The topological polar surface area (TPSA) is 314 Å². The summed E-state index contributed by atoms with van der Waals surface area (Å²) < 4.78 is 16.6. The summed E-state index contributed by atoms with van der Waals surface area (Å²) in [6, 6.07) is 0. The van der Waals surface area contributed by atoms with Gasteiger partial charge in [0.15, 0.2) is 19.8 Å². The SMILES string of the molecule is C=CCN(C)C(=O)c1c(I)c(NC(=O)COC(C)=O)c(I)c(C(=O)NCC(C)(CNC(=O)c2c(I)c(NC(=O)COC(C)=O)c(I)c(C(=O)N(C)CC=C)c2I)CNC(=O)c2c(I)c(NC(=O)COC(C)=O)c(I)c(C(=O)N(C)CC=C)c2I)c1I. The summed E-state index contributed by atoms with van der Waals surface area (Å²) in [4.78, 5) is 166. The zero-order valence-corrected chi connectivity index (χ0v) is 66.0. The molecule has 3 rings (SSSR count). The van der Waals surface area contributed by atoms with Gasteiger partial charge in [-0.3, -0.25) is 57.5 Å². The molecule has 0 heterocycles. The van der Waals surface area contributed by atoms with Gasteiger partial charge in [-0.1, -0.05) is 25.2 Å². The standard InChI is InChI=1S/C53H54I9N9O15/c1-11-14-69(8)50(81)32-35(54)29(38(57)44(41(32)60)66-26(75)17-84-23(4)72)47(78)63-20-53(7,21-64-48(79)30-36(55)33(51(82)70(9)15-12-2)42(61)45(39(30)58)67-27(76)18-85-24(5)73)22-65-49(80)31-37(56)34(52(83)71(10)16-13-3)43(62)46(40(31)59)68-28(77)19-86-25(6)74/h11-13H,1-3,14-22H2,4-10H3,(H,63,78)(H,64,79)(H,65,80)(H,66,75)(H,67,76)(H,68,77). The number of benzene rings is 3. The molecule has 9 amide bonds. The second-order valence-electron chi connectivity index (χ2n) is 18.5. The van der Waals surface area contributed by atoms with Crippen molar-refractivity contribution in [2.75, 3.05) is 96.2 Å². The van der Waals surface area contributed by atoms with Crippen LogP contribution >= 0.6 is 203 Å². The van der Waals surface area contributed by atoms with Crippen LogP contribution in [-0.2, 0) is 43.0 Å². The van der Waals surface area contributed by atoms with E-state index in [1.54, 1.807) is 6.92 Å². The Kier molecular flexibility index (Phi) is 32.0. The Balaban J connectivity index is 2.37. The summed E-state index contributed by atoms with van der Waals surface area (Å²) >= 11 is 16.8. The number of anilines is 3. The first kappa shape index (κ1) is 77.3. The lowest BCUT2D eigenvalue weighted by Gasteiger charge is -2.31. The second kappa shape index (κ2) is 35.6. The fourth-order valence-electron chi connectivity index (χ4n) is 7.25. The molecule has 0 saturated carbocycles. The lowest BCUT2D eigenvalue weighted by atomic mass is 9.89. The molecule has 0 aliphatic heterocycles. The van der Waals surface area contributed by atoms with E-state index >= 15 is 0 Å². The number of likely N-dealkylation sites (N-methyl/N-ethyl adjacent to an activating group) is 3. The normalized spacial score (nSPS) is 10.7. The molecule has 0 unspecified atom stereocenters. The summed E-state index contributed by atoms with van der Waals surface area (Å²) in [5, 5.41) is 16.7. The predicted molar refractivity (Wildman–Crippen MR) is 396 cm³/mol. The molecular formula is C53H54I9N9O15. The van der Waals surface area contributed by atoms with Crippen molar-refractivity contribution in [1.29, 1.82) is 0 Å². The largest absolute Gasteiger partial charge is 0.456 e. The van der Waals surface area contributed by atoms with Crippen LogP contribution < -0.4 is 31.9 Å². The van der Waals surface area contributed by atoms with Crippen molar-refractivity contribution in [3.05, 3.63) is 103 Å². The van der Waals surface area contributed by atoms with Gasteiger partial charge in [0.1, 0.15) is 0 Å². The Hall–Kier alpha value is -2.91. The number of ether oxygens (including phenoxy) is 3. The van der Waals surface area contributed by atoms with E-state index in [0.717, 1.165) is 20.8 Å². The highest BCUT2D eigenvalue weighted by molar-refractivity contribution is 14.1. The van der Waals surface area contributed by atoms with Gasteiger partial charge in [0, 0.05) is 97.3 Å². The number of carbonyl (C=O) groups is 12. The number of nitrogens with zero attached hydrogens (tertiary/aromatic N) is 3. The first-order chi connectivity index (χ1) is 40.1. The molecule has 33 heteroatoms. The average molecular weight is 2200 g/mol. The highest BCUT2D eigenvalue weighted by Crippen LogP contribution is 2.40. The van der Waals surface area contributed by atoms with Crippen LogP contribution in [0.3, 0.4) is 0 Å². The summed E-state index contributed by atoms with van der Waals surface area (Å²) in [6.07, 6.45) is 4.49. The van der Waals surface area contributed by atoms with E-state index in [4.69, 9.17) is 14.2 Å². The van der Waals surface area contributed by atoms with E-state index in [0.29, 0.717) is 0 Å². The van der Waals surface area contributed by atoms with Crippen molar-refractivity contribution in [3.63, 3.8) is 0 Å². The van der Waals surface area contributed by atoms with Gasteiger partial charge in [0.2, 0.25) is 0 Å². The van der Waals surface area contributed by atoms with Gasteiger partial charge < -0.3 is 60.8 Å². The number of esters is 3. The highest BCUT2D eigenvalue weighted by Gasteiger charge is 2.36. The maximum atomic E-state index is 14.9. The minimum Gasteiger partial charge on any atom is -0.456 e. The molecule has 0 spiro atoms. The van der Waals surface area contributed by atoms with Crippen LogP contribution in [0.5, 0.6) is 0 Å². The van der Waals surface area contributed by atoms with Gasteiger partial charge in [-0.25, -0.2) is 0 Å². The smallest absolute Gasteiger partial charge is 0.303 e. The second-order valence-corrected chi connectivity index (χ2v) is 28.2. The number of halogens is 9. The summed E-state index contributed by atoms with van der Waals surface area (Å²) in [6.45, 7) is 13.3. The minimum absolute atomic E-state index is 0.0422. The van der Waals surface area contributed by atoms with Crippen molar-refractivity contribution in [3.8, 4) is 0 Å². The molecule has 464 valence electrons. The zero-order chi connectivity index (χ0) is 65.4. The molecular weight excluding hydrogens is 2140 g/mol. The third-order valence-corrected chi connectivity index (χ3v) is 21.3. The zero-order valence-electron chi connectivity index (χ0n) is 46.6. The first-order valence-electron chi connectivity index (χ1n) is 24.5. The van der Waals surface area contributed by atoms with E-state index in [1.807, 2.05) is 203 Å². The quantitative estimate of drug-likeness (QED) is 0.0182. The molecule has 86 heavy (non-hydrogen) atoms. The number of hydrogen-bond acceptors (Lipinski definition) is 15. The lowest BCUT2D eigenvalue weighted by Crippen LogP contribution is -2.50. The fourth-order valence-corrected chi connectivity index (χ4v) is 20.4. The van der Waals surface area contributed by atoms with Crippen LogP contribution in [0.25, 0.3) is 0 Å². The van der Waals surface area contributed by atoms with E-state index in [9.17, 15) is 57.5 Å².